The zero-order valence-corrected chi connectivity index (χ0v) is 9.70. The van der Waals surface area contributed by atoms with Crippen molar-refractivity contribution in [3.63, 3.8) is 0 Å². The lowest BCUT2D eigenvalue weighted by molar-refractivity contribution is 1.27. The highest BCUT2D eigenvalue weighted by Gasteiger charge is 2.06. The number of fused-ring (bicyclic) bond motifs is 3. The molecule has 17 heavy (non-hydrogen) atoms. The summed E-state index contributed by atoms with van der Waals surface area (Å²) in [7, 11) is 0. The van der Waals surface area contributed by atoms with Crippen LogP contribution in [-0.4, -0.2) is 4.98 Å². The van der Waals surface area contributed by atoms with Crippen molar-refractivity contribution in [2.75, 3.05) is 5.43 Å². The Labute approximate surface area is 103 Å². The molecule has 0 saturated carbocycles. The highest BCUT2D eigenvalue weighted by Crippen LogP contribution is 2.30. The molecule has 3 aromatic rings. The molecule has 0 atom stereocenters. The number of halogens is 1. The number of hydrogen-bond acceptors (Lipinski definition) is 3. The molecule has 0 aliphatic heterocycles. The molecule has 0 saturated heterocycles. The van der Waals surface area contributed by atoms with Crippen LogP contribution in [0.2, 0.25) is 5.02 Å². The smallest absolute Gasteiger partial charge is 0.142 e. The van der Waals surface area contributed by atoms with E-state index in [0.29, 0.717) is 10.8 Å². The van der Waals surface area contributed by atoms with Gasteiger partial charge in [-0.1, -0.05) is 48.0 Å². The van der Waals surface area contributed by atoms with E-state index in [1.165, 1.54) is 0 Å². The molecule has 3 nitrogen and oxygen atoms in total. The second-order valence-electron chi connectivity index (χ2n) is 3.82. The molecule has 1 heterocycles. The van der Waals surface area contributed by atoms with Gasteiger partial charge in [-0.15, -0.1) is 0 Å². The van der Waals surface area contributed by atoms with Crippen molar-refractivity contribution >= 4 is 39.1 Å². The second kappa shape index (κ2) is 3.87. The molecule has 0 spiro atoms. The first-order valence-electron chi connectivity index (χ1n) is 5.24. The third kappa shape index (κ3) is 1.60. The Morgan fingerprint density at radius 3 is 2.71 bits per heavy atom. The first-order valence-corrected chi connectivity index (χ1v) is 5.62. The summed E-state index contributed by atoms with van der Waals surface area (Å²) < 4.78 is 0. The van der Waals surface area contributed by atoms with Crippen molar-refractivity contribution in [1.29, 1.82) is 0 Å². The first kappa shape index (κ1) is 10.3. The van der Waals surface area contributed by atoms with Crippen molar-refractivity contribution in [1.82, 2.24) is 4.98 Å². The van der Waals surface area contributed by atoms with Gasteiger partial charge < -0.3 is 5.43 Å². The van der Waals surface area contributed by atoms with Crippen LogP contribution in [0.15, 0.2) is 42.5 Å². The average Bonchev–Trinajstić information content (AvgIpc) is 2.38. The summed E-state index contributed by atoms with van der Waals surface area (Å²) in [4.78, 5) is 4.46. The number of hydrazine groups is 1. The molecule has 2 aromatic carbocycles. The zero-order chi connectivity index (χ0) is 11.8. The molecule has 1 aromatic heterocycles. The van der Waals surface area contributed by atoms with Gasteiger partial charge in [-0.05, 0) is 5.39 Å². The molecule has 84 valence electrons. The summed E-state index contributed by atoms with van der Waals surface area (Å²) in [5.74, 6) is 5.95. The van der Waals surface area contributed by atoms with E-state index >= 15 is 0 Å². The van der Waals surface area contributed by atoms with Crippen LogP contribution < -0.4 is 11.3 Å². The Morgan fingerprint density at radius 1 is 1.06 bits per heavy atom. The van der Waals surface area contributed by atoms with Crippen molar-refractivity contribution in [2.45, 2.75) is 0 Å². The molecule has 0 amide bonds. The standard InChI is InChI=1S/C13H10ClN3/c14-11-7-12(17-15)16-13-9-4-2-1-3-8(9)5-6-10(11)13/h1-7H,15H2,(H,16,17). The lowest BCUT2D eigenvalue weighted by Crippen LogP contribution is -2.08. The van der Waals surface area contributed by atoms with Gasteiger partial charge in [0.1, 0.15) is 5.82 Å². The van der Waals surface area contributed by atoms with E-state index in [1.54, 1.807) is 6.07 Å². The average molecular weight is 244 g/mol. The van der Waals surface area contributed by atoms with E-state index in [9.17, 15) is 0 Å². The molecule has 0 aliphatic rings. The number of pyridine rings is 1. The lowest BCUT2D eigenvalue weighted by atomic mass is 10.1. The summed E-state index contributed by atoms with van der Waals surface area (Å²) in [6.45, 7) is 0. The van der Waals surface area contributed by atoms with Gasteiger partial charge in [0.2, 0.25) is 0 Å². The van der Waals surface area contributed by atoms with E-state index < -0.39 is 0 Å². The van der Waals surface area contributed by atoms with Crippen LogP contribution in [0.3, 0.4) is 0 Å². The number of nitrogens with zero attached hydrogens (tertiary/aromatic N) is 1. The monoisotopic (exact) mass is 243 g/mol. The summed E-state index contributed by atoms with van der Waals surface area (Å²) in [5.41, 5.74) is 3.39. The summed E-state index contributed by atoms with van der Waals surface area (Å²) in [6, 6.07) is 13.8. The summed E-state index contributed by atoms with van der Waals surface area (Å²) in [6.07, 6.45) is 0. The molecular formula is C13H10ClN3. The minimum Gasteiger partial charge on any atom is -0.308 e. The van der Waals surface area contributed by atoms with Crippen LogP contribution in [0.1, 0.15) is 0 Å². The van der Waals surface area contributed by atoms with Crippen molar-refractivity contribution < 1.29 is 0 Å². The van der Waals surface area contributed by atoms with E-state index in [0.717, 1.165) is 21.7 Å². The fourth-order valence-electron chi connectivity index (χ4n) is 1.99. The Bertz CT molecular complexity index is 709. The van der Waals surface area contributed by atoms with Gasteiger partial charge >= 0.3 is 0 Å². The molecule has 0 bridgehead atoms. The second-order valence-corrected chi connectivity index (χ2v) is 4.22. The van der Waals surface area contributed by atoms with Crippen LogP contribution in [0.5, 0.6) is 0 Å². The molecular weight excluding hydrogens is 234 g/mol. The van der Waals surface area contributed by atoms with Gasteiger partial charge in [0, 0.05) is 16.8 Å². The van der Waals surface area contributed by atoms with Gasteiger partial charge in [-0.3, -0.25) is 0 Å². The van der Waals surface area contributed by atoms with Crippen molar-refractivity contribution in [2.24, 2.45) is 5.84 Å². The quantitative estimate of drug-likeness (QED) is 0.392. The van der Waals surface area contributed by atoms with E-state index in [2.05, 4.69) is 10.4 Å². The fraction of sp³-hybridized carbons (Fsp3) is 0. The van der Waals surface area contributed by atoms with E-state index in [4.69, 9.17) is 17.4 Å². The van der Waals surface area contributed by atoms with Crippen LogP contribution in [0, 0.1) is 0 Å². The SMILES string of the molecule is NNc1cc(Cl)c2ccc3ccccc3c2n1. The Hall–Kier alpha value is -1.84. The number of hydrogen-bond donors (Lipinski definition) is 2. The predicted molar refractivity (Wildman–Crippen MR) is 72.1 cm³/mol. The Morgan fingerprint density at radius 2 is 1.88 bits per heavy atom. The number of rotatable bonds is 1. The van der Waals surface area contributed by atoms with Gasteiger partial charge in [0.05, 0.1) is 10.5 Å². The number of benzene rings is 2. The molecule has 0 unspecified atom stereocenters. The summed E-state index contributed by atoms with van der Waals surface area (Å²) >= 11 is 6.21. The number of nitrogen functional groups attached to an aromatic ring is 1. The van der Waals surface area contributed by atoms with Crippen molar-refractivity contribution in [3.8, 4) is 0 Å². The van der Waals surface area contributed by atoms with Crippen LogP contribution >= 0.6 is 11.6 Å². The third-order valence-corrected chi connectivity index (χ3v) is 3.11. The third-order valence-electron chi connectivity index (χ3n) is 2.80. The summed E-state index contributed by atoms with van der Waals surface area (Å²) in [5, 5.41) is 3.79. The highest BCUT2D eigenvalue weighted by molar-refractivity contribution is 6.36. The largest absolute Gasteiger partial charge is 0.308 e. The lowest BCUT2D eigenvalue weighted by Gasteiger charge is -2.07. The van der Waals surface area contributed by atoms with Crippen molar-refractivity contribution in [3.05, 3.63) is 47.5 Å². The maximum absolute atomic E-state index is 6.21. The molecule has 0 radical (unpaired) electrons. The van der Waals surface area contributed by atoms with Gasteiger partial charge in [-0.2, -0.15) is 0 Å². The highest BCUT2D eigenvalue weighted by atomic mass is 35.5. The van der Waals surface area contributed by atoms with Crippen LogP contribution in [-0.2, 0) is 0 Å². The van der Waals surface area contributed by atoms with Crippen LogP contribution in [0.25, 0.3) is 21.7 Å². The molecule has 3 rings (SSSR count). The first-order chi connectivity index (χ1) is 8.29. The Balaban J connectivity index is 2.51. The Kier molecular flexibility index (Phi) is 2.35. The fourth-order valence-corrected chi connectivity index (χ4v) is 2.25. The molecule has 0 aliphatic carbocycles. The van der Waals surface area contributed by atoms with Gasteiger partial charge in [0.15, 0.2) is 0 Å². The van der Waals surface area contributed by atoms with Gasteiger partial charge in [-0.25, -0.2) is 10.8 Å². The topological polar surface area (TPSA) is 50.9 Å². The molecule has 4 heteroatoms. The van der Waals surface area contributed by atoms with E-state index in [-0.39, 0.29) is 0 Å². The normalized spacial score (nSPS) is 10.9. The minimum atomic E-state index is 0.568. The minimum absolute atomic E-state index is 0.568. The van der Waals surface area contributed by atoms with Gasteiger partial charge in [0.25, 0.3) is 0 Å². The molecule has 0 fully saturated rings. The number of aromatic nitrogens is 1. The maximum Gasteiger partial charge on any atom is 0.142 e. The number of anilines is 1. The number of nitrogens with two attached hydrogens (primary N) is 1. The van der Waals surface area contributed by atoms with E-state index in [1.807, 2.05) is 36.4 Å². The number of nitrogens with one attached hydrogen (secondary N) is 1. The zero-order valence-electron chi connectivity index (χ0n) is 8.94. The van der Waals surface area contributed by atoms with Crippen LogP contribution in [0.4, 0.5) is 5.82 Å². The maximum atomic E-state index is 6.21. The predicted octanol–water partition coefficient (Wildman–Crippen LogP) is 3.33. The molecule has 3 N–H and O–H groups in total.